The second kappa shape index (κ2) is 6.18. The summed E-state index contributed by atoms with van der Waals surface area (Å²) >= 11 is 8.27. The number of thioether (sulfide) groups is 1. The van der Waals surface area contributed by atoms with E-state index in [0.717, 1.165) is 9.37 Å². The van der Waals surface area contributed by atoms with Gasteiger partial charge in [-0.05, 0) is 40.2 Å². The summed E-state index contributed by atoms with van der Waals surface area (Å²) in [5.41, 5.74) is 0.694. The Morgan fingerprint density at radius 3 is 2.56 bits per heavy atom. The van der Waals surface area contributed by atoms with Gasteiger partial charge in [-0.1, -0.05) is 21.1 Å². The molecular formula is C11H11Br2N3OS. The molecule has 0 fully saturated rings. The third-order valence-corrected chi connectivity index (χ3v) is 4.55. The van der Waals surface area contributed by atoms with Crippen LogP contribution in [0.1, 0.15) is 11.8 Å². The summed E-state index contributed by atoms with van der Waals surface area (Å²) in [6.07, 6.45) is -0.604. The summed E-state index contributed by atoms with van der Waals surface area (Å²) in [6, 6.07) is 7.99. The van der Waals surface area contributed by atoms with E-state index < -0.39 is 6.10 Å². The Labute approximate surface area is 126 Å². The molecule has 1 N–H and O–H groups in total. The highest BCUT2D eigenvalue weighted by atomic mass is 79.9. The van der Waals surface area contributed by atoms with Crippen molar-refractivity contribution < 1.29 is 5.11 Å². The molecule has 0 aliphatic rings. The Balaban J connectivity index is 2.00. The summed E-state index contributed by atoms with van der Waals surface area (Å²) in [6.45, 7) is 0. The minimum absolute atomic E-state index is 0.557. The predicted octanol–water partition coefficient (Wildman–Crippen LogP) is 3.17. The summed E-state index contributed by atoms with van der Waals surface area (Å²) < 4.78 is 3.22. The van der Waals surface area contributed by atoms with Gasteiger partial charge in [0.1, 0.15) is 11.8 Å². The zero-order chi connectivity index (χ0) is 13.1. The molecule has 0 amide bonds. The summed E-state index contributed by atoms with van der Waals surface area (Å²) in [5, 5.41) is 17.8. The van der Waals surface area contributed by atoms with Crippen molar-refractivity contribution in [3.63, 3.8) is 0 Å². The highest BCUT2D eigenvalue weighted by molar-refractivity contribution is 9.10. The van der Waals surface area contributed by atoms with Crippen molar-refractivity contribution in [2.24, 2.45) is 7.05 Å². The van der Waals surface area contributed by atoms with Gasteiger partial charge >= 0.3 is 0 Å². The van der Waals surface area contributed by atoms with Crippen LogP contribution in [0.15, 0.2) is 38.2 Å². The highest BCUT2D eigenvalue weighted by Gasteiger charge is 2.17. The fourth-order valence-corrected chi connectivity index (χ4v) is 3.17. The fraction of sp³-hybridized carbons (Fsp3) is 0.273. The van der Waals surface area contributed by atoms with Gasteiger partial charge in [0.2, 0.25) is 0 Å². The smallest absolute Gasteiger partial charge is 0.154 e. The lowest BCUT2D eigenvalue weighted by atomic mass is 10.3. The van der Waals surface area contributed by atoms with Gasteiger partial charge in [-0.25, -0.2) is 4.68 Å². The van der Waals surface area contributed by atoms with Crippen molar-refractivity contribution in [3.8, 4) is 0 Å². The van der Waals surface area contributed by atoms with Gasteiger partial charge in [0.25, 0.3) is 0 Å². The van der Waals surface area contributed by atoms with E-state index >= 15 is 0 Å². The average molecular weight is 393 g/mol. The first-order valence-corrected chi connectivity index (χ1v) is 7.76. The zero-order valence-corrected chi connectivity index (χ0v) is 13.5. The Bertz CT molecular complexity index is 510. The highest BCUT2D eigenvalue weighted by Crippen LogP contribution is 2.28. The lowest BCUT2D eigenvalue weighted by Gasteiger charge is -2.10. The van der Waals surface area contributed by atoms with Crippen LogP contribution in [0.4, 0.5) is 0 Å². The van der Waals surface area contributed by atoms with Gasteiger partial charge in [-0.2, -0.15) is 0 Å². The first-order chi connectivity index (χ1) is 8.58. The Morgan fingerprint density at radius 1 is 1.33 bits per heavy atom. The van der Waals surface area contributed by atoms with E-state index in [1.807, 2.05) is 24.3 Å². The number of aliphatic hydroxyl groups excluding tert-OH is 1. The zero-order valence-electron chi connectivity index (χ0n) is 9.55. The Kier molecular flexibility index (Phi) is 4.83. The minimum Gasteiger partial charge on any atom is -0.386 e. The monoisotopic (exact) mass is 391 g/mol. The number of hydrogen-bond acceptors (Lipinski definition) is 4. The SMILES string of the molecule is Cn1nnc(Br)c1C(O)CSc1ccc(Br)cc1. The van der Waals surface area contributed by atoms with Gasteiger partial charge in [0, 0.05) is 22.2 Å². The van der Waals surface area contributed by atoms with Crippen LogP contribution in [0.5, 0.6) is 0 Å². The first kappa shape index (κ1) is 14.0. The molecule has 4 nitrogen and oxygen atoms in total. The van der Waals surface area contributed by atoms with Gasteiger partial charge in [0.05, 0.1) is 0 Å². The van der Waals surface area contributed by atoms with Gasteiger partial charge in [0.15, 0.2) is 4.60 Å². The minimum atomic E-state index is -0.604. The second-order valence-electron chi connectivity index (χ2n) is 3.67. The third-order valence-electron chi connectivity index (χ3n) is 2.36. The molecule has 0 saturated carbocycles. The van der Waals surface area contributed by atoms with Crippen LogP contribution in [0, 0.1) is 0 Å². The van der Waals surface area contributed by atoms with Crippen LogP contribution < -0.4 is 0 Å². The molecule has 0 radical (unpaired) electrons. The van der Waals surface area contributed by atoms with Crippen molar-refractivity contribution in [1.82, 2.24) is 15.0 Å². The Morgan fingerprint density at radius 2 is 2.00 bits per heavy atom. The third kappa shape index (κ3) is 3.34. The van der Waals surface area contributed by atoms with Crippen molar-refractivity contribution in [3.05, 3.63) is 39.0 Å². The quantitative estimate of drug-likeness (QED) is 0.812. The van der Waals surface area contributed by atoms with E-state index in [1.165, 1.54) is 0 Å². The molecular weight excluding hydrogens is 382 g/mol. The van der Waals surface area contributed by atoms with Crippen LogP contribution in [-0.2, 0) is 7.05 Å². The van der Waals surface area contributed by atoms with E-state index in [2.05, 4.69) is 42.2 Å². The van der Waals surface area contributed by atoms with Crippen molar-refractivity contribution in [2.45, 2.75) is 11.0 Å². The van der Waals surface area contributed by atoms with Crippen molar-refractivity contribution in [2.75, 3.05) is 5.75 Å². The maximum atomic E-state index is 10.1. The number of hydrogen-bond donors (Lipinski definition) is 1. The number of nitrogens with zero attached hydrogens (tertiary/aromatic N) is 3. The first-order valence-electron chi connectivity index (χ1n) is 5.19. The molecule has 0 aliphatic carbocycles. The maximum absolute atomic E-state index is 10.1. The normalized spacial score (nSPS) is 12.7. The van der Waals surface area contributed by atoms with Crippen molar-refractivity contribution in [1.29, 1.82) is 0 Å². The van der Waals surface area contributed by atoms with Crippen LogP contribution in [0.2, 0.25) is 0 Å². The summed E-state index contributed by atoms with van der Waals surface area (Å²) in [5.74, 6) is 0.557. The number of aliphatic hydroxyl groups is 1. The Hall–Kier alpha value is -0.370. The molecule has 0 saturated heterocycles. The van der Waals surface area contributed by atoms with E-state index in [1.54, 1.807) is 23.5 Å². The van der Waals surface area contributed by atoms with E-state index in [9.17, 15) is 5.11 Å². The molecule has 18 heavy (non-hydrogen) atoms. The summed E-state index contributed by atoms with van der Waals surface area (Å²) in [7, 11) is 1.76. The lowest BCUT2D eigenvalue weighted by molar-refractivity contribution is 0.193. The van der Waals surface area contributed by atoms with Gasteiger partial charge < -0.3 is 5.11 Å². The van der Waals surface area contributed by atoms with Crippen LogP contribution >= 0.6 is 43.6 Å². The number of benzene rings is 1. The molecule has 1 aromatic carbocycles. The molecule has 0 aliphatic heterocycles. The lowest BCUT2D eigenvalue weighted by Crippen LogP contribution is -2.08. The largest absolute Gasteiger partial charge is 0.386 e. The van der Waals surface area contributed by atoms with Crippen LogP contribution in [0.25, 0.3) is 0 Å². The second-order valence-corrected chi connectivity index (χ2v) is 6.43. The number of aryl methyl sites for hydroxylation is 1. The fourth-order valence-electron chi connectivity index (χ4n) is 1.48. The van der Waals surface area contributed by atoms with Gasteiger partial charge in [-0.3, -0.25) is 0 Å². The molecule has 0 spiro atoms. The molecule has 1 atom stereocenters. The molecule has 1 aromatic heterocycles. The number of aromatic nitrogens is 3. The average Bonchev–Trinajstić information content (AvgIpc) is 2.68. The topological polar surface area (TPSA) is 50.9 Å². The molecule has 2 rings (SSSR count). The van der Waals surface area contributed by atoms with Gasteiger partial charge in [-0.15, -0.1) is 16.9 Å². The molecule has 7 heteroatoms. The molecule has 96 valence electrons. The van der Waals surface area contributed by atoms with Crippen LogP contribution in [-0.4, -0.2) is 25.9 Å². The molecule has 2 aromatic rings. The van der Waals surface area contributed by atoms with E-state index in [-0.39, 0.29) is 0 Å². The maximum Gasteiger partial charge on any atom is 0.154 e. The van der Waals surface area contributed by atoms with Crippen molar-refractivity contribution >= 4 is 43.6 Å². The standard InChI is InChI=1S/C11H11Br2N3OS/c1-16-10(11(13)14-15-16)9(17)6-18-8-4-2-7(12)3-5-8/h2-5,9,17H,6H2,1H3. The van der Waals surface area contributed by atoms with E-state index in [4.69, 9.17) is 0 Å². The van der Waals surface area contributed by atoms with E-state index in [0.29, 0.717) is 16.0 Å². The van der Waals surface area contributed by atoms with Crippen LogP contribution in [0.3, 0.4) is 0 Å². The summed E-state index contributed by atoms with van der Waals surface area (Å²) in [4.78, 5) is 1.11. The number of rotatable bonds is 4. The molecule has 1 unspecified atom stereocenters. The molecule has 0 bridgehead atoms. The predicted molar refractivity (Wildman–Crippen MR) is 78.5 cm³/mol. The molecule has 1 heterocycles. The number of halogens is 2.